The number of benzene rings is 1. The lowest BCUT2D eigenvalue weighted by Crippen LogP contribution is -2.42. The van der Waals surface area contributed by atoms with Gasteiger partial charge in [0.15, 0.2) is 11.6 Å². The molecule has 0 bridgehead atoms. The standard InChI is InChI=1S/C11H8F2N2O3/c12-7-2-1-5(3-8(7)13)9-6(10(16)17)4-14-11(18)15-9/h1-4,9H,(H,16,17)(H2,14,15,18). The first-order chi connectivity index (χ1) is 8.49. The second kappa shape index (κ2) is 4.44. The van der Waals surface area contributed by atoms with E-state index < -0.39 is 29.7 Å². The smallest absolute Gasteiger partial charge is 0.335 e. The lowest BCUT2D eigenvalue weighted by Gasteiger charge is -2.23. The van der Waals surface area contributed by atoms with Crippen molar-refractivity contribution in [1.29, 1.82) is 0 Å². The van der Waals surface area contributed by atoms with Gasteiger partial charge in [-0.15, -0.1) is 0 Å². The van der Waals surface area contributed by atoms with Gasteiger partial charge >= 0.3 is 12.0 Å². The molecular weight excluding hydrogens is 246 g/mol. The van der Waals surface area contributed by atoms with E-state index in [4.69, 9.17) is 5.11 Å². The molecule has 0 saturated carbocycles. The third-order valence-electron chi connectivity index (χ3n) is 2.47. The summed E-state index contributed by atoms with van der Waals surface area (Å²) in [6.07, 6.45) is 1.02. The average Bonchev–Trinajstić information content (AvgIpc) is 2.32. The monoisotopic (exact) mass is 254 g/mol. The van der Waals surface area contributed by atoms with Gasteiger partial charge in [0, 0.05) is 6.20 Å². The van der Waals surface area contributed by atoms with Crippen LogP contribution in [0.4, 0.5) is 13.6 Å². The molecule has 0 fully saturated rings. The van der Waals surface area contributed by atoms with Crippen molar-refractivity contribution in [2.75, 3.05) is 0 Å². The molecule has 5 nitrogen and oxygen atoms in total. The van der Waals surface area contributed by atoms with E-state index in [9.17, 15) is 18.4 Å². The highest BCUT2D eigenvalue weighted by Gasteiger charge is 2.28. The minimum absolute atomic E-state index is 0.150. The molecule has 18 heavy (non-hydrogen) atoms. The molecular formula is C11H8F2N2O3. The Hall–Kier alpha value is -2.44. The zero-order valence-corrected chi connectivity index (χ0v) is 8.91. The number of carbonyl (C=O) groups is 2. The maximum atomic E-state index is 13.1. The Balaban J connectivity index is 2.43. The van der Waals surface area contributed by atoms with E-state index in [2.05, 4.69) is 10.6 Å². The molecule has 0 saturated heterocycles. The summed E-state index contributed by atoms with van der Waals surface area (Å²) in [5.74, 6) is -3.41. The normalized spacial score (nSPS) is 18.7. The number of rotatable bonds is 2. The molecule has 2 rings (SSSR count). The number of nitrogens with one attached hydrogen (secondary N) is 2. The Morgan fingerprint density at radius 2 is 2.00 bits per heavy atom. The van der Waals surface area contributed by atoms with E-state index >= 15 is 0 Å². The van der Waals surface area contributed by atoms with Gasteiger partial charge in [-0.05, 0) is 17.7 Å². The number of halogens is 2. The van der Waals surface area contributed by atoms with Crippen molar-refractivity contribution in [2.45, 2.75) is 6.04 Å². The van der Waals surface area contributed by atoms with Crippen molar-refractivity contribution < 1.29 is 23.5 Å². The first kappa shape index (κ1) is 12.0. The predicted molar refractivity (Wildman–Crippen MR) is 56.5 cm³/mol. The SMILES string of the molecule is O=C1NC=C(C(=O)O)C(c2ccc(F)c(F)c2)N1. The molecule has 1 unspecified atom stereocenters. The summed E-state index contributed by atoms with van der Waals surface area (Å²) >= 11 is 0. The first-order valence-corrected chi connectivity index (χ1v) is 4.94. The molecule has 0 aliphatic carbocycles. The number of carboxylic acid groups (broad SMARTS) is 1. The number of carboxylic acids is 1. The topological polar surface area (TPSA) is 78.4 Å². The lowest BCUT2D eigenvalue weighted by atomic mass is 9.98. The van der Waals surface area contributed by atoms with Crippen LogP contribution in [0, 0.1) is 11.6 Å². The van der Waals surface area contributed by atoms with Gasteiger partial charge in [-0.2, -0.15) is 0 Å². The number of hydrogen-bond donors (Lipinski definition) is 3. The van der Waals surface area contributed by atoms with E-state index in [1.807, 2.05) is 0 Å². The van der Waals surface area contributed by atoms with Crippen molar-refractivity contribution in [3.05, 3.63) is 47.2 Å². The molecule has 0 radical (unpaired) electrons. The van der Waals surface area contributed by atoms with E-state index in [1.54, 1.807) is 0 Å². The van der Waals surface area contributed by atoms with Crippen molar-refractivity contribution in [3.63, 3.8) is 0 Å². The fourth-order valence-electron chi connectivity index (χ4n) is 1.62. The third-order valence-corrected chi connectivity index (χ3v) is 2.47. The zero-order chi connectivity index (χ0) is 13.3. The van der Waals surface area contributed by atoms with Crippen LogP contribution >= 0.6 is 0 Å². The molecule has 1 aromatic carbocycles. The Kier molecular flexibility index (Phi) is 2.97. The molecule has 1 heterocycles. The molecule has 94 valence electrons. The van der Waals surface area contributed by atoms with Crippen LogP contribution in [0.25, 0.3) is 0 Å². The Morgan fingerprint density at radius 1 is 1.28 bits per heavy atom. The summed E-state index contributed by atoms with van der Waals surface area (Å²) in [4.78, 5) is 22.1. The average molecular weight is 254 g/mol. The van der Waals surface area contributed by atoms with Gasteiger partial charge in [0.25, 0.3) is 0 Å². The number of aliphatic carboxylic acids is 1. The van der Waals surface area contributed by atoms with Crippen LogP contribution in [-0.2, 0) is 4.79 Å². The summed E-state index contributed by atoms with van der Waals surface area (Å²) in [6.45, 7) is 0. The first-order valence-electron chi connectivity index (χ1n) is 4.94. The fraction of sp³-hybridized carbons (Fsp3) is 0.0909. The van der Waals surface area contributed by atoms with E-state index in [1.165, 1.54) is 6.07 Å². The van der Waals surface area contributed by atoms with Crippen molar-refractivity contribution in [2.24, 2.45) is 0 Å². The molecule has 2 amide bonds. The minimum atomic E-state index is -1.27. The number of carbonyl (C=O) groups excluding carboxylic acids is 1. The maximum absolute atomic E-state index is 13.1. The largest absolute Gasteiger partial charge is 0.478 e. The van der Waals surface area contributed by atoms with Crippen LogP contribution in [0.1, 0.15) is 11.6 Å². The predicted octanol–water partition coefficient (Wildman–Crippen LogP) is 1.29. The van der Waals surface area contributed by atoms with Gasteiger partial charge in [0.2, 0.25) is 0 Å². The zero-order valence-electron chi connectivity index (χ0n) is 8.91. The number of amides is 2. The summed E-state index contributed by atoms with van der Waals surface area (Å²) in [7, 11) is 0. The molecule has 0 aromatic heterocycles. The molecule has 0 spiro atoms. The Labute approximate surface area is 100 Å². The molecule has 1 aliphatic rings. The highest BCUT2D eigenvalue weighted by molar-refractivity contribution is 5.92. The Bertz CT molecular complexity index is 557. The molecule has 3 N–H and O–H groups in total. The van der Waals surface area contributed by atoms with Crippen LogP contribution < -0.4 is 10.6 Å². The lowest BCUT2D eigenvalue weighted by molar-refractivity contribution is -0.133. The third kappa shape index (κ3) is 2.15. The van der Waals surface area contributed by atoms with Gasteiger partial charge < -0.3 is 15.7 Å². The summed E-state index contributed by atoms with van der Waals surface area (Å²) in [5, 5.41) is 13.5. The van der Waals surface area contributed by atoms with Crippen molar-refractivity contribution in [1.82, 2.24) is 10.6 Å². The van der Waals surface area contributed by atoms with E-state index in [0.29, 0.717) is 0 Å². The van der Waals surface area contributed by atoms with Gasteiger partial charge in [0.1, 0.15) is 0 Å². The van der Waals surface area contributed by atoms with Gasteiger partial charge in [-0.1, -0.05) is 6.07 Å². The van der Waals surface area contributed by atoms with Crippen LogP contribution in [0.3, 0.4) is 0 Å². The van der Waals surface area contributed by atoms with Crippen LogP contribution in [0.2, 0.25) is 0 Å². The van der Waals surface area contributed by atoms with Crippen LogP contribution in [-0.4, -0.2) is 17.1 Å². The van der Waals surface area contributed by atoms with Crippen molar-refractivity contribution >= 4 is 12.0 Å². The van der Waals surface area contributed by atoms with E-state index in [-0.39, 0.29) is 11.1 Å². The Morgan fingerprint density at radius 3 is 2.61 bits per heavy atom. The number of urea groups is 1. The van der Waals surface area contributed by atoms with Gasteiger partial charge in [0.05, 0.1) is 11.6 Å². The van der Waals surface area contributed by atoms with Gasteiger partial charge in [-0.25, -0.2) is 18.4 Å². The highest BCUT2D eigenvalue weighted by Crippen LogP contribution is 2.24. The summed E-state index contributed by atoms with van der Waals surface area (Å²) < 4.78 is 25.9. The minimum Gasteiger partial charge on any atom is -0.478 e. The van der Waals surface area contributed by atoms with Crippen molar-refractivity contribution in [3.8, 4) is 0 Å². The van der Waals surface area contributed by atoms with Gasteiger partial charge in [-0.3, -0.25) is 0 Å². The quantitative estimate of drug-likeness (QED) is 0.744. The summed E-state index contributed by atoms with van der Waals surface area (Å²) in [5.41, 5.74) is -0.0157. The summed E-state index contributed by atoms with van der Waals surface area (Å²) in [6, 6.07) is 1.30. The molecule has 1 aliphatic heterocycles. The maximum Gasteiger partial charge on any atom is 0.335 e. The van der Waals surface area contributed by atoms with Crippen LogP contribution in [0.15, 0.2) is 30.0 Å². The van der Waals surface area contributed by atoms with E-state index in [0.717, 1.165) is 18.3 Å². The fourth-order valence-corrected chi connectivity index (χ4v) is 1.62. The number of hydrogen-bond acceptors (Lipinski definition) is 2. The molecule has 1 aromatic rings. The van der Waals surface area contributed by atoms with Crippen LogP contribution in [0.5, 0.6) is 0 Å². The second-order valence-corrected chi connectivity index (χ2v) is 3.63. The molecule has 1 atom stereocenters. The molecule has 7 heteroatoms. The highest BCUT2D eigenvalue weighted by atomic mass is 19.2. The second-order valence-electron chi connectivity index (χ2n) is 3.63.